The Balaban J connectivity index is 2.18. The molecule has 4 heteroatoms. The summed E-state index contributed by atoms with van der Waals surface area (Å²) in [6.45, 7) is 5.51. The van der Waals surface area contributed by atoms with Gasteiger partial charge in [0.05, 0.1) is 5.56 Å². The number of likely N-dealkylation sites (N-methyl/N-ethyl adjacent to an activating group) is 1. The number of amides is 1. The number of hydrogen-bond acceptors (Lipinski definition) is 3. The maximum Gasteiger partial charge on any atom is 0.255 e. The van der Waals surface area contributed by atoms with E-state index in [1.54, 1.807) is 0 Å². The van der Waals surface area contributed by atoms with Gasteiger partial charge in [-0.05, 0) is 38.6 Å². The molecule has 0 aliphatic carbocycles. The standard InChI is InChI=1S/C14H21N3O/c1-11-5-3-6-12(13(11)15)14(18)17-8-4-7-16(2)9-10-17/h3,5-6H,4,7-10,15H2,1-2H3. The van der Waals surface area contributed by atoms with Crippen LogP contribution in [-0.2, 0) is 0 Å². The van der Waals surface area contributed by atoms with Crippen LogP contribution in [0.4, 0.5) is 5.69 Å². The van der Waals surface area contributed by atoms with E-state index in [2.05, 4.69) is 11.9 Å². The van der Waals surface area contributed by atoms with E-state index >= 15 is 0 Å². The zero-order chi connectivity index (χ0) is 13.1. The van der Waals surface area contributed by atoms with Gasteiger partial charge in [-0.15, -0.1) is 0 Å². The molecule has 0 radical (unpaired) electrons. The van der Waals surface area contributed by atoms with Crippen LogP contribution in [0.25, 0.3) is 0 Å². The molecule has 2 rings (SSSR count). The molecule has 0 spiro atoms. The van der Waals surface area contributed by atoms with Crippen molar-refractivity contribution < 1.29 is 4.79 Å². The first kappa shape index (κ1) is 12.9. The number of nitrogens with zero attached hydrogens (tertiary/aromatic N) is 2. The van der Waals surface area contributed by atoms with Gasteiger partial charge in [0.2, 0.25) is 0 Å². The summed E-state index contributed by atoms with van der Waals surface area (Å²) in [5.74, 6) is 0.0616. The van der Waals surface area contributed by atoms with Crippen molar-refractivity contribution in [2.75, 3.05) is 39.0 Å². The molecule has 0 atom stereocenters. The molecule has 1 fully saturated rings. The second kappa shape index (κ2) is 5.40. The van der Waals surface area contributed by atoms with Gasteiger partial charge in [0.25, 0.3) is 5.91 Å². The van der Waals surface area contributed by atoms with Crippen LogP contribution in [0.3, 0.4) is 0 Å². The second-order valence-corrected chi connectivity index (χ2v) is 4.99. The number of carbonyl (C=O) groups is 1. The molecule has 2 N–H and O–H groups in total. The van der Waals surface area contributed by atoms with Crippen LogP contribution >= 0.6 is 0 Å². The maximum absolute atomic E-state index is 12.5. The average molecular weight is 247 g/mol. The molecular formula is C14H21N3O. The number of nitrogen functional groups attached to an aromatic ring is 1. The highest BCUT2D eigenvalue weighted by atomic mass is 16.2. The van der Waals surface area contributed by atoms with Gasteiger partial charge in [0, 0.05) is 25.3 Å². The van der Waals surface area contributed by atoms with Crippen molar-refractivity contribution >= 4 is 11.6 Å². The zero-order valence-corrected chi connectivity index (χ0v) is 11.1. The van der Waals surface area contributed by atoms with E-state index in [-0.39, 0.29) is 5.91 Å². The molecule has 1 saturated heterocycles. The van der Waals surface area contributed by atoms with E-state index in [1.807, 2.05) is 30.0 Å². The van der Waals surface area contributed by atoms with Crippen molar-refractivity contribution in [1.29, 1.82) is 0 Å². The topological polar surface area (TPSA) is 49.6 Å². The van der Waals surface area contributed by atoms with Crippen LogP contribution in [0.15, 0.2) is 18.2 Å². The van der Waals surface area contributed by atoms with Crippen LogP contribution < -0.4 is 5.73 Å². The molecule has 1 aliphatic heterocycles. The van der Waals surface area contributed by atoms with E-state index in [0.29, 0.717) is 11.3 Å². The highest BCUT2D eigenvalue weighted by molar-refractivity contribution is 5.99. The molecule has 1 aromatic rings. The number of nitrogens with two attached hydrogens (primary N) is 1. The van der Waals surface area contributed by atoms with Crippen LogP contribution in [-0.4, -0.2) is 48.9 Å². The number of para-hydroxylation sites is 1. The van der Waals surface area contributed by atoms with E-state index in [9.17, 15) is 4.79 Å². The Bertz CT molecular complexity index is 445. The van der Waals surface area contributed by atoms with Crippen molar-refractivity contribution in [2.24, 2.45) is 0 Å². The number of benzene rings is 1. The van der Waals surface area contributed by atoms with Gasteiger partial charge >= 0.3 is 0 Å². The van der Waals surface area contributed by atoms with Crippen LogP contribution in [0.5, 0.6) is 0 Å². The van der Waals surface area contributed by atoms with Gasteiger partial charge in [-0.25, -0.2) is 0 Å². The Kier molecular flexibility index (Phi) is 3.87. The largest absolute Gasteiger partial charge is 0.398 e. The molecule has 18 heavy (non-hydrogen) atoms. The monoisotopic (exact) mass is 247 g/mol. The molecule has 98 valence electrons. The molecule has 1 aliphatic rings. The smallest absolute Gasteiger partial charge is 0.255 e. The van der Waals surface area contributed by atoms with Gasteiger partial charge in [0.15, 0.2) is 0 Å². The fraction of sp³-hybridized carbons (Fsp3) is 0.500. The molecule has 1 amide bonds. The summed E-state index contributed by atoms with van der Waals surface area (Å²) < 4.78 is 0. The highest BCUT2D eigenvalue weighted by Crippen LogP contribution is 2.19. The minimum atomic E-state index is 0.0616. The van der Waals surface area contributed by atoms with Crippen molar-refractivity contribution in [3.05, 3.63) is 29.3 Å². The lowest BCUT2D eigenvalue weighted by Gasteiger charge is -2.21. The summed E-state index contributed by atoms with van der Waals surface area (Å²) in [7, 11) is 2.09. The Morgan fingerprint density at radius 2 is 2.00 bits per heavy atom. The summed E-state index contributed by atoms with van der Waals surface area (Å²) in [6, 6.07) is 5.64. The van der Waals surface area contributed by atoms with E-state index < -0.39 is 0 Å². The first-order valence-electron chi connectivity index (χ1n) is 6.42. The number of aryl methyl sites for hydroxylation is 1. The molecule has 4 nitrogen and oxygen atoms in total. The normalized spacial score (nSPS) is 17.6. The van der Waals surface area contributed by atoms with Crippen molar-refractivity contribution in [3.63, 3.8) is 0 Å². The fourth-order valence-corrected chi connectivity index (χ4v) is 2.29. The lowest BCUT2D eigenvalue weighted by molar-refractivity contribution is 0.0764. The van der Waals surface area contributed by atoms with Crippen molar-refractivity contribution in [3.8, 4) is 0 Å². The average Bonchev–Trinajstić information content (AvgIpc) is 2.57. The van der Waals surface area contributed by atoms with Crippen LogP contribution in [0, 0.1) is 6.92 Å². The SMILES string of the molecule is Cc1cccc(C(=O)N2CCCN(C)CC2)c1N. The minimum absolute atomic E-state index is 0.0616. The summed E-state index contributed by atoms with van der Waals surface area (Å²) in [6.07, 6.45) is 1.02. The van der Waals surface area contributed by atoms with Crippen molar-refractivity contribution in [1.82, 2.24) is 9.80 Å². The third kappa shape index (κ3) is 2.64. The Morgan fingerprint density at radius 3 is 2.78 bits per heavy atom. The molecule has 1 aromatic carbocycles. The first-order chi connectivity index (χ1) is 8.59. The number of rotatable bonds is 1. The molecule has 0 unspecified atom stereocenters. The lowest BCUT2D eigenvalue weighted by Crippen LogP contribution is -2.35. The summed E-state index contributed by atoms with van der Waals surface area (Å²) in [4.78, 5) is 16.6. The maximum atomic E-state index is 12.5. The quantitative estimate of drug-likeness (QED) is 0.762. The number of anilines is 1. The summed E-state index contributed by atoms with van der Waals surface area (Å²) in [5, 5.41) is 0. The lowest BCUT2D eigenvalue weighted by atomic mass is 10.1. The van der Waals surface area contributed by atoms with Gasteiger partial charge < -0.3 is 15.5 Å². The van der Waals surface area contributed by atoms with Crippen molar-refractivity contribution in [2.45, 2.75) is 13.3 Å². The molecule has 0 saturated carbocycles. The van der Waals surface area contributed by atoms with E-state index in [1.165, 1.54) is 0 Å². The predicted molar refractivity (Wildman–Crippen MR) is 73.6 cm³/mol. The van der Waals surface area contributed by atoms with E-state index in [4.69, 9.17) is 5.73 Å². The summed E-state index contributed by atoms with van der Waals surface area (Å²) >= 11 is 0. The fourth-order valence-electron chi connectivity index (χ4n) is 2.29. The molecule has 0 aromatic heterocycles. The predicted octanol–water partition coefficient (Wildman–Crippen LogP) is 1.35. The van der Waals surface area contributed by atoms with Gasteiger partial charge in [-0.1, -0.05) is 12.1 Å². The highest BCUT2D eigenvalue weighted by Gasteiger charge is 2.20. The Hall–Kier alpha value is -1.55. The number of hydrogen-bond donors (Lipinski definition) is 1. The van der Waals surface area contributed by atoms with Crippen LogP contribution in [0.2, 0.25) is 0 Å². The molecular weight excluding hydrogens is 226 g/mol. The molecule has 1 heterocycles. The number of carbonyl (C=O) groups excluding carboxylic acids is 1. The second-order valence-electron chi connectivity index (χ2n) is 4.99. The van der Waals surface area contributed by atoms with Gasteiger partial charge in [-0.3, -0.25) is 4.79 Å². The Morgan fingerprint density at radius 1 is 1.22 bits per heavy atom. The summed E-state index contributed by atoms with van der Waals surface area (Å²) in [5.41, 5.74) is 8.21. The zero-order valence-electron chi connectivity index (χ0n) is 11.1. The van der Waals surface area contributed by atoms with Crippen LogP contribution in [0.1, 0.15) is 22.3 Å². The van der Waals surface area contributed by atoms with Gasteiger partial charge in [-0.2, -0.15) is 0 Å². The van der Waals surface area contributed by atoms with E-state index in [0.717, 1.165) is 38.2 Å². The third-order valence-corrected chi connectivity index (χ3v) is 3.56. The molecule has 0 bridgehead atoms. The Labute approximate surface area is 108 Å². The first-order valence-corrected chi connectivity index (χ1v) is 6.42. The minimum Gasteiger partial charge on any atom is -0.398 e. The van der Waals surface area contributed by atoms with Gasteiger partial charge in [0.1, 0.15) is 0 Å². The third-order valence-electron chi connectivity index (χ3n) is 3.56.